The number of carbonyl (C=O) groups excluding carboxylic acids is 2. The van der Waals surface area contributed by atoms with Crippen LogP contribution in [0.15, 0.2) is 41.8 Å². The summed E-state index contributed by atoms with van der Waals surface area (Å²) in [5.74, 6) is 0.114. The first-order chi connectivity index (χ1) is 11.4. The number of aromatic nitrogens is 2. The smallest absolute Gasteiger partial charge is 0.231 e. The van der Waals surface area contributed by atoms with Gasteiger partial charge in [-0.25, -0.2) is 4.98 Å². The zero-order valence-corrected chi connectivity index (χ0v) is 15.3. The number of benzene rings is 1. The molecule has 0 bridgehead atoms. The number of thioether (sulfide) groups is 1. The van der Waals surface area contributed by atoms with Crippen molar-refractivity contribution in [3.8, 4) is 5.69 Å². The van der Waals surface area contributed by atoms with Gasteiger partial charge in [0.1, 0.15) is 0 Å². The molecule has 0 aliphatic carbocycles. The fourth-order valence-corrected chi connectivity index (χ4v) is 3.27. The van der Waals surface area contributed by atoms with Crippen molar-refractivity contribution >= 4 is 23.5 Å². The summed E-state index contributed by atoms with van der Waals surface area (Å²) in [6.07, 6.45) is 3.61. The van der Waals surface area contributed by atoms with Gasteiger partial charge in [0, 0.05) is 12.4 Å². The summed E-state index contributed by atoms with van der Waals surface area (Å²) in [5.41, 5.74) is 2.18. The second kappa shape index (κ2) is 8.15. The van der Waals surface area contributed by atoms with Crippen molar-refractivity contribution in [1.82, 2.24) is 14.9 Å². The Morgan fingerprint density at radius 2 is 2.00 bits per heavy atom. The first-order valence-corrected chi connectivity index (χ1v) is 8.90. The number of para-hydroxylation sites is 1. The third-order valence-electron chi connectivity index (χ3n) is 3.74. The molecule has 6 heteroatoms. The quantitative estimate of drug-likeness (QED) is 0.784. The molecule has 1 heterocycles. The Hall–Kier alpha value is -2.08. The van der Waals surface area contributed by atoms with Crippen LogP contribution in [0.1, 0.15) is 26.3 Å². The summed E-state index contributed by atoms with van der Waals surface area (Å²) in [4.78, 5) is 28.1. The summed E-state index contributed by atoms with van der Waals surface area (Å²) in [5, 5.41) is 3.56. The van der Waals surface area contributed by atoms with E-state index in [1.165, 1.54) is 18.7 Å². The van der Waals surface area contributed by atoms with Gasteiger partial charge in [0.25, 0.3) is 0 Å². The largest absolute Gasteiger partial charge is 0.345 e. The van der Waals surface area contributed by atoms with Crippen LogP contribution >= 0.6 is 11.8 Å². The number of hydrogen-bond acceptors (Lipinski definition) is 4. The monoisotopic (exact) mass is 345 g/mol. The average Bonchev–Trinajstić information content (AvgIpc) is 2.98. The number of Topliss-reactive ketones (excluding diaryl/α,β-unsaturated/α-hetero) is 1. The molecule has 1 N–H and O–H groups in total. The number of imidazole rings is 1. The van der Waals surface area contributed by atoms with E-state index in [9.17, 15) is 9.59 Å². The van der Waals surface area contributed by atoms with Crippen LogP contribution in [0.4, 0.5) is 0 Å². The minimum atomic E-state index is -0.436. The van der Waals surface area contributed by atoms with Gasteiger partial charge >= 0.3 is 0 Å². The van der Waals surface area contributed by atoms with Gasteiger partial charge in [0.15, 0.2) is 10.9 Å². The lowest BCUT2D eigenvalue weighted by atomic mass is 10.0. The first-order valence-electron chi connectivity index (χ1n) is 7.92. The van der Waals surface area contributed by atoms with E-state index in [4.69, 9.17) is 0 Å². The van der Waals surface area contributed by atoms with Gasteiger partial charge in [-0.05, 0) is 31.4 Å². The molecule has 1 amide bonds. The van der Waals surface area contributed by atoms with Crippen molar-refractivity contribution in [3.63, 3.8) is 0 Å². The highest BCUT2D eigenvalue weighted by Crippen LogP contribution is 2.22. The molecule has 0 aliphatic heterocycles. The van der Waals surface area contributed by atoms with Crippen LogP contribution in [0.3, 0.4) is 0 Å². The van der Waals surface area contributed by atoms with E-state index < -0.39 is 6.04 Å². The summed E-state index contributed by atoms with van der Waals surface area (Å²) < 4.78 is 1.97. The van der Waals surface area contributed by atoms with Crippen LogP contribution in [0.5, 0.6) is 0 Å². The van der Waals surface area contributed by atoms with Gasteiger partial charge in [-0.15, -0.1) is 0 Å². The highest BCUT2D eigenvalue weighted by atomic mass is 32.2. The zero-order chi connectivity index (χ0) is 17.7. The van der Waals surface area contributed by atoms with Crippen molar-refractivity contribution in [1.29, 1.82) is 0 Å². The minimum absolute atomic E-state index is 0.0234. The van der Waals surface area contributed by atoms with Crippen LogP contribution in [0.2, 0.25) is 0 Å². The average molecular weight is 345 g/mol. The Morgan fingerprint density at radius 3 is 2.62 bits per heavy atom. The van der Waals surface area contributed by atoms with Gasteiger partial charge in [0.2, 0.25) is 5.91 Å². The molecule has 0 saturated carbocycles. The second-order valence-corrected chi connectivity index (χ2v) is 7.00. The number of nitrogens with one attached hydrogen (secondary N) is 1. The molecule has 0 aliphatic rings. The number of nitrogens with zero attached hydrogens (tertiary/aromatic N) is 2. The summed E-state index contributed by atoms with van der Waals surface area (Å²) in [6.45, 7) is 7.38. The Bertz CT molecular complexity index is 725. The van der Waals surface area contributed by atoms with Gasteiger partial charge in [0.05, 0.1) is 17.5 Å². The fourth-order valence-electron chi connectivity index (χ4n) is 2.50. The SMILES string of the molecule is CC(=O)[C@H](NC(=O)CSc1nccn1-c1ccccc1C)C(C)C. The molecule has 0 radical (unpaired) electrons. The number of aryl methyl sites for hydroxylation is 1. The van der Waals surface area contributed by atoms with Crippen molar-refractivity contribution in [3.05, 3.63) is 42.2 Å². The summed E-state index contributed by atoms with van der Waals surface area (Å²) in [7, 11) is 0. The molecular formula is C18H23N3O2S. The molecule has 5 nitrogen and oxygen atoms in total. The van der Waals surface area contributed by atoms with Crippen LogP contribution < -0.4 is 5.32 Å². The fraction of sp³-hybridized carbons (Fsp3) is 0.389. The number of rotatable bonds is 7. The van der Waals surface area contributed by atoms with Crippen molar-refractivity contribution in [2.24, 2.45) is 5.92 Å². The maximum Gasteiger partial charge on any atom is 0.231 e. The molecule has 128 valence electrons. The van der Waals surface area contributed by atoms with Gasteiger partial charge in [-0.2, -0.15) is 0 Å². The van der Waals surface area contributed by atoms with Crippen molar-refractivity contribution < 1.29 is 9.59 Å². The molecule has 0 saturated heterocycles. The number of carbonyl (C=O) groups is 2. The maximum atomic E-state index is 12.2. The number of ketones is 1. The van der Waals surface area contributed by atoms with Crippen LogP contribution in [-0.4, -0.2) is 33.0 Å². The highest BCUT2D eigenvalue weighted by molar-refractivity contribution is 7.99. The lowest BCUT2D eigenvalue weighted by Crippen LogP contribution is -2.44. The van der Waals surface area contributed by atoms with Crippen LogP contribution in [0, 0.1) is 12.8 Å². The van der Waals surface area contributed by atoms with Crippen molar-refractivity contribution in [2.45, 2.75) is 38.9 Å². The Morgan fingerprint density at radius 1 is 1.29 bits per heavy atom. The lowest BCUT2D eigenvalue weighted by Gasteiger charge is -2.19. The normalized spacial score (nSPS) is 12.2. The molecule has 1 aromatic carbocycles. The van der Waals surface area contributed by atoms with E-state index >= 15 is 0 Å². The third kappa shape index (κ3) is 4.47. The van der Waals surface area contributed by atoms with E-state index in [0.717, 1.165) is 16.4 Å². The lowest BCUT2D eigenvalue weighted by molar-refractivity contribution is -0.126. The zero-order valence-electron chi connectivity index (χ0n) is 14.4. The van der Waals surface area contributed by atoms with E-state index in [2.05, 4.69) is 10.3 Å². The van der Waals surface area contributed by atoms with E-state index in [0.29, 0.717) is 0 Å². The molecule has 1 atom stereocenters. The first kappa shape index (κ1) is 18.3. The van der Waals surface area contributed by atoms with Crippen LogP contribution in [-0.2, 0) is 9.59 Å². The summed E-state index contributed by atoms with van der Waals surface area (Å²) in [6, 6.07) is 7.59. The predicted octanol–water partition coefficient (Wildman–Crippen LogP) is 3.00. The third-order valence-corrected chi connectivity index (χ3v) is 4.70. The van der Waals surface area contributed by atoms with Crippen LogP contribution in [0.25, 0.3) is 5.69 Å². The molecule has 24 heavy (non-hydrogen) atoms. The topological polar surface area (TPSA) is 64.0 Å². The second-order valence-electron chi connectivity index (χ2n) is 6.05. The number of hydrogen-bond donors (Lipinski definition) is 1. The standard InChI is InChI=1S/C18H23N3O2S/c1-12(2)17(14(4)22)20-16(23)11-24-18-19-9-10-21(18)15-8-6-5-7-13(15)3/h5-10,12,17H,11H2,1-4H3,(H,20,23)/t17-/m1/s1. The Balaban J connectivity index is 2.04. The molecule has 0 spiro atoms. The molecule has 2 aromatic rings. The molecule has 1 aromatic heterocycles. The highest BCUT2D eigenvalue weighted by Gasteiger charge is 2.21. The molecule has 2 rings (SSSR count). The maximum absolute atomic E-state index is 12.2. The van der Waals surface area contributed by atoms with Gasteiger partial charge in [-0.1, -0.05) is 43.8 Å². The Labute approximate surface area is 146 Å². The van der Waals surface area contributed by atoms with Gasteiger partial charge in [-0.3, -0.25) is 14.2 Å². The van der Waals surface area contributed by atoms with Crippen molar-refractivity contribution in [2.75, 3.05) is 5.75 Å². The van der Waals surface area contributed by atoms with E-state index in [1.54, 1.807) is 6.20 Å². The summed E-state index contributed by atoms with van der Waals surface area (Å²) >= 11 is 1.36. The van der Waals surface area contributed by atoms with Gasteiger partial charge < -0.3 is 5.32 Å². The molecule has 0 unspecified atom stereocenters. The molecule has 0 fully saturated rings. The van der Waals surface area contributed by atoms with E-state index in [-0.39, 0.29) is 23.4 Å². The van der Waals surface area contributed by atoms with E-state index in [1.807, 2.05) is 55.8 Å². The minimum Gasteiger partial charge on any atom is -0.345 e. The predicted molar refractivity (Wildman–Crippen MR) is 96.5 cm³/mol. The Kier molecular flexibility index (Phi) is 6.20. The molecular weight excluding hydrogens is 322 g/mol. The number of amides is 1.